The second kappa shape index (κ2) is 9.02. The topological polar surface area (TPSA) is 64.2 Å². The summed E-state index contributed by atoms with van der Waals surface area (Å²) in [5.41, 5.74) is 11.4. The van der Waals surface area contributed by atoms with E-state index in [0.717, 1.165) is 73.2 Å². The number of hydrogen-bond donors (Lipinski definition) is 3. The number of halogens is 1. The third kappa shape index (κ3) is 4.03. The average molecular weight is 452 g/mol. The molecule has 2 aliphatic heterocycles. The number of nitrogens with zero attached hydrogens (tertiary/aromatic N) is 4. The zero-order valence-corrected chi connectivity index (χ0v) is 19.4. The number of aromatic amines is 1. The van der Waals surface area contributed by atoms with Gasteiger partial charge in [-0.05, 0) is 19.9 Å². The lowest BCUT2D eigenvalue weighted by molar-refractivity contribution is 0.105. The second-order valence-electron chi connectivity index (χ2n) is 8.67. The second-order valence-corrected chi connectivity index (χ2v) is 9.05. The number of nitrogens with one attached hydrogen (secondary N) is 3. The summed E-state index contributed by atoms with van der Waals surface area (Å²) < 4.78 is 2.05. The lowest BCUT2D eigenvalue weighted by Crippen LogP contribution is -2.49. The molecule has 8 heteroatoms. The van der Waals surface area contributed by atoms with E-state index >= 15 is 0 Å². The average Bonchev–Trinajstić information content (AvgIpc) is 3.47. The van der Waals surface area contributed by atoms with Crippen LogP contribution in [0, 0.1) is 0 Å². The van der Waals surface area contributed by atoms with Gasteiger partial charge in [0, 0.05) is 62.3 Å². The number of hydrazine groups is 1. The van der Waals surface area contributed by atoms with Crippen molar-refractivity contribution in [1.29, 1.82) is 0 Å². The number of anilines is 1. The van der Waals surface area contributed by atoms with Gasteiger partial charge in [-0.1, -0.05) is 41.9 Å². The van der Waals surface area contributed by atoms with Crippen LogP contribution < -0.4 is 10.9 Å². The van der Waals surface area contributed by atoms with Crippen molar-refractivity contribution in [3.63, 3.8) is 0 Å². The van der Waals surface area contributed by atoms with E-state index in [1.54, 1.807) is 0 Å². The predicted molar refractivity (Wildman–Crippen MR) is 131 cm³/mol. The molecule has 7 nitrogen and oxygen atoms in total. The zero-order chi connectivity index (χ0) is 22.1. The summed E-state index contributed by atoms with van der Waals surface area (Å²) in [6.45, 7) is 10.7. The predicted octanol–water partition coefficient (Wildman–Crippen LogP) is 3.90. The molecule has 5 rings (SSSR count). The summed E-state index contributed by atoms with van der Waals surface area (Å²) in [5.74, 6) is 0.909. The lowest BCUT2D eigenvalue weighted by Gasteiger charge is -2.36. The fraction of sp³-hybridized carbons (Fsp3) is 0.375. The molecule has 0 saturated carbocycles. The first kappa shape index (κ1) is 21.1. The van der Waals surface area contributed by atoms with Crippen molar-refractivity contribution in [2.45, 2.75) is 26.4 Å². The van der Waals surface area contributed by atoms with Gasteiger partial charge in [0.1, 0.15) is 5.69 Å². The molecule has 0 unspecified atom stereocenters. The van der Waals surface area contributed by atoms with Crippen LogP contribution in [0.5, 0.6) is 0 Å². The van der Waals surface area contributed by atoms with Crippen molar-refractivity contribution in [2.75, 3.05) is 38.1 Å². The van der Waals surface area contributed by atoms with Gasteiger partial charge >= 0.3 is 0 Å². The molecule has 2 aromatic heterocycles. The van der Waals surface area contributed by atoms with Gasteiger partial charge in [-0.3, -0.25) is 20.7 Å². The zero-order valence-electron chi connectivity index (χ0n) is 18.6. The SMILES string of the molecule is CC(C)N1CCN(CCn2nc(-c3cc[nH]c3)c3c2NNC(c2ccccc2)=C3Cl)CC1. The number of fused-ring (bicyclic) bond motifs is 1. The van der Waals surface area contributed by atoms with Gasteiger partial charge in [0.15, 0.2) is 5.82 Å². The van der Waals surface area contributed by atoms with Crippen LogP contribution in [0.15, 0.2) is 48.8 Å². The molecule has 32 heavy (non-hydrogen) atoms. The number of H-pyrrole nitrogens is 1. The summed E-state index contributed by atoms with van der Waals surface area (Å²) in [7, 11) is 0. The molecule has 3 aromatic rings. The van der Waals surface area contributed by atoms with Crippen molar-refractivity contribution in [3.8, 4) is 11.3 Å². The van der Waals surface area contributed by atoms with Crippen LogP contribution in [0.25, 0.3) is 22.0 Å². The first-order valence-electron chi connectivity index (χ1n) is 11.3. The van der Waals surface area contributed by atoms with Crippen LogP contribution in [-0.4, -0.2) is 63.3 Å². The Bertz CT molecular complexity index is 1080. The summed E-state index contributed by atoms with van der Waals surface area (Å²) in [6.07, 6.45) is 3.88. The molecule has 3 N–H and O–H groups in total. The van der Waals surface area contributed by atoms with Crippen LogP contribution in [0.3, 0.4) is 0 Å². The minimum atomic E-state index is 0.613. The molecule has 4 heterocycles. The largest absolute Gasteiger partial charge is 0.367 e. The Labute approximate surface area is 194 Å². The van der Waals surface area contributed by atoms with Gasteiger partial charge in [-0.15, -0.1) is 0 Å². The molecule has 168 valence electrons. The molecule has 0 atom stereocenters. The van der Waals surface area contributed by atoms with Crippen molar-refractivity contribution >= 4 is 28.1 Å². The minimum absolute atomic E-state index is 0.613. The monoisotopic (exact) mass is 451 g/mol. The van der Waals surface area contributed by atoms with Crippen molar-refractivity contribution in [3.05, 3.63) is 59.9 Å². The standard InChI is InChI=1S/C24H30ClN7/c1-17(2)31-13-10-30(11-14-31)12-15-32-24-20(22(29-32)19-8-9-26-16-19)21(25)23(27-28-24)18-6-4-3-5-7-18/h3-9,16-17,26-28H,10-15H2,1-2H3. The number of piperazine rings is 1. The van der Waals surface area contributed by atoms with Crippen LogP contribution in [-0.2, 0) is 6.54 Å². The van der Waals surface area contributed by atoms with E-state index in [4.69, 9.17) is 16.7 Å². The Morgan fingerprint density at radius 2 is 1.75 bits per heavy atom. The van der Waals surface area contributed by atoms with Crippen LogP contribution >= 0.6 is 11.6 Å². The molecule has 0 amide bonds. The normalized spacial score (nSPS) is 17.4. The summed E-state index contributed by atoms with van der Waals surface area (Å²) in [6, 6.07) is 12.8. The molecule has 1 fully saturated rings. The van der Waals surface area contributed by atoms with Gasteiger partial charge in [0.2, 0.25) is 0 Å². The van der Waals surface area contributed by atoms with E-state index in [2.05, 4.69) is 51.6 Å². The molecule has 1 aromatic carbocycles. The number of benzene rings is 1. The Kier molecular flexibility index (Phi) is 5.95. The summed E-state index contributed by atoms with van der Waals surface area (Å²) >= 11 is 6.98. The van der Waals surface area contributed by atoms with Gasteiger partial charge in [0.25, 0.3) is 0 Å². The lowest BCUT2D eigenvalue weighted by atomic mass is 10.0. The molecule has 0 spiro atoms. The molecule has 0 aliphatic carbocycles. The van der Waals surface area contributed by atoms with Crippen molar-refractivity contribution in [1.82, 2.24) is 30.0 Å². The molecular weight excluding hydrogens is 422 g/mol. The van der Waals surface area contributed by atoms with Crippen molar-refractivity contribution in [2.24, 2.45) is 0 Å². The Morgan fingerprint density at radius 1 is 0.969 bits per heavy atom. The van der Waals surface area contributed by atoms with Crippen LogP contribution in [0.2, 0.25) is 0 Å². The smallest absolute Gasteiger partial charge is 0.152 e. The van der Waals surface area contributed by atoms with Gasteiger partial charge < -0.3 is 4.98 Å². The Balaban J connectivity index is 1.43. The first-order chi connectivity index (χ1) is 15.6. The van der Waals surface area contributed by atoms with E-state index in [9.17, 15) is 0 Å². The minimum Gasteiger partial charge on any atom is -0.367 e. The highest BCUT2D eigenvalue weighted by molar-refractivity contribution is 6.53. The number of aromatic nitrogens is 3. The Morgan fingerprint density at radius 3 is 2.44 bits per heavy atom. The molecule has 2 aliphatic rings. The molecule has 0 bridgehead atoms. The van der Waals surface area contributed by atoms with E-state index in [0.29, 0.717) is 11.1 Å². The maximum Gasteiger partial charge on any atom is 0.152 e. The number of rotatable bonds is 6. The molecular formula is C24H30ClN7. The Hall–Kier alpha value is -2.74. The van der Waals surface area contributed by atoms with E-state index < -0.39 is 0 Å². The van der Waals surface area contributed by atoms with Crippen LogP contribution in [0.4, 0.5) is 5.82 Å². The highest BCUT2D eigenvalue weighted by Gasteiger charge is 2.28. The highest BCUT2D eigenvalue weighted by Crippen LogP contribution is 2.41. The maximum absolute atomic E-state index is 6.98. The maximum atomic E-state index is 6.98. The van der Waals surface area contributed by atoms with Gasteiger partial charge in [0.05, 0.1) is 22.8 Å². The molecule has 1 saturated heterocycles. The fourth-order valence-electron chi connectivity index (χ4n) is 4.48. The van der Waals surface area contributed by atoms with E-state index in [1.807, 2.05) is 41.3 Å². The van der Waals surface area contributed by atoms with Crippen LogP contribution in [0.1, 0.15) is 25.0 Å². The summed E-state index contributed by atoms with van der Waals surface area (Å²) in [5, 5.41) is 5.66. The van der Waals surface area contributed by atoms with Gasteiger partial charge in [-0.25, -0.2) is 4.68 Å². The quantitative estimate of drug-likeness (QED) is 0.530. The fourth-order valence-corrected chi connectivity index (χ4v) is 4.81. The van der Waals surface area contributed by atoms with E-state index in [-0.39, 0.29) is 0 Å². The summed E-state index contributed by atoms with van der Waals surface area (Å²) in [4.78, 5) is 8.20. The third-order valence-corrected chi connectivity index (χ3v) is 6.77. The highest BCUT2D eigenvalue weighted by atomic mass is 35.5. The van der Waals surface area contributed by atoms with E-state index in [1.165, 1.54) is 0 Å². The van der Waals surface area contributed by atoms with Crippen molar-refractivity contribution < 1.29 is 0 Å². The molecule has 0 radical (unpaired) electrons. The first-order valence-corrected chi connectivity index (χ1v) is 11.7. The third-order valence-electron chi connectivity index (χ3n) is 6.40. The van der Waals surface area contributed by atoms with Gasteiger partial charge in [-0.2, -0.15) is 5.10 Å². The number of hydrogen-bond acceptors (Lipinski definition) is 5.